The van der Waals surface area contributed by atoms with Crippen molar-refractivity contribution >= 4 is 81.6 Å². The van der Waals surface area contributed by atoms with Crippen molar-refractivity contribution in [3.63, 3.8) is 0 Å². The second-order valence-electron chi connectivity index (χ2n) is 12.1. The Morgan fingerprint density at radius 3 is 2.04 bits per heavy atom. The first kappa shape index (κ1) is 24.0. The van der Waals surface area contributed by atoms with E-state index < -0.39 is 0 Å². The number of para-hydroxylation sites is 3. The molecule has 0 radical (unpaired) electrons. The molecule has 0 saturated carbocycles. The van der Waals surface area contributed by atoms with Crippen LogP contribution in [0.5, 0.6) is 0 Å². The molecular formula is C41H23N5. The highest BCUT2D eigenvalue weighted by Gasteiger charge is 2.26. The summed E-state index contributed by atoms with van der Waals surface area (Å²) in [6, 6.07) is 45.4. The Kier molecular flexibility index (Phi) is 4.52. The Morgan fingerprint density at radius 1 is 0.478 bits per heavy atom. The molecule has 11 rings (SSSR count). The standard InChI is InChI=1S/C41H23N5/c1-2-12-26-24(10-1)19-20-28-32-22-31-27-13-4-7-17-34(27)45-35-18-8-5-15-30(35)36(39(31)45)40(32)46(38(26)28)41-43-33-16-6-3-14-29(33)37(44-41)25-11-9-21-42-23-25/h1-23H. The molecule has 5 nitrogen and oxygen atoms in total. The van der Waals surface area contributed by atoms with Crippen LogP contribution in [0.25, 0.3) is 98.8 Å². The van der Waals surface area contributed by atoms with Gasteiger partial charge in [-0.1, -0.05) is 91.0 Å². The molecule has 5 aromatic heterocycles. The first-order valence-corrected chi connectivity index (χ1v) is 15.5. The van der Waals surface area contributed by atoms with Gasteiger partial charge in [-0.2, -0.15) is 0 Å². The third-order valence-corrected chi connectivity index (χ3v) is 9.71. The lowest BCUT2D eigenvalue weighted by atomic mass is 10.0. The lowest BCUT2D eigenvalue weighted by Crippen LogP contribution is -2.04. The van der Waals surface area contributed by atoms with Crippen LogP contribution in [0.15, 0.2) is 140 Å². The zero-order chi connectivity index (χ0) is 29.9. The number of benzene rings is 6. The molecule has 0 amide bonds. The zero-order valence-electron chi connectivity index (χ0n) is 24.5. The SMILES string of the molecule is c1cncc(-c2nc(-n3c4c5ccccc5ccc4c4cc5c6ccccc6n6c7ccccc7c(c43)c56)nc3ccccc23)c1. The lowest BCUT2D eigenvalue weighted by Gasteiger charge is -2.13. The first-order chi connectivity index (χ1) is 22.8. The molecule has 212 valence electrons. The van der Waals surface area contributed by atoms with E-state index in [1.165, 1.54) is 59.6 Å². The summed E-state index contributed by atoms with van der Waals surface area (Å²) in [7, 11) is 0. The summed E-state index contributed by atoms with van der Waals surface area (Å²) in [5, 5.41) is 10.7. The van der Waals surface area contributed by atoms with Crippen molar-refractivity contribution in [2.75, 3.05) is 0 Å². The van der Waals surface area contributed by atoms with E-state index in [1.54, 1.807) is 6.20 Å². The van der Waals surface area contributed by atoms with Crippen LogP contribution < -0.4 is 0 Å². The highest BCUT2D eigenvalue weighted by Crippen LogP contribution is 2.47. The van der Waals surface area contributed by atoms with E-state index in [9.17, 15) is 0 Å². The van der Waals surface area contributed by atoms with Crippen molar-refractivity contribution < 1.29 is 0 Å². The number of hydrogen-bond donors (Lipinski definition) is 0. The molecule has 0 aliphatic rings. The van der Waals surface area contributed by atoms with Gasteiger partial charge in [0, 0.05) is 61.0 Å². The fourth-order valence-corrected chi connectivity index (χ4v) is 7.85. The molecular weight excluding hydrogens is 562 g/mol. The van der Waals surface area contributed by atoms with E-state index in [2.05, 4.69) is 123 Å². The summed E-state index contributed by atoms with van der Waals surface area (Å²) in [5.74, 6) is 0.650. The van der Waals surface area contributed by atoms with Crippen molar-refractivity contribution in [2.45, 2.75) is 0 Å². The fourth-order valence-electron chi connectivity index (χ4n) is 7.85. The number of nitrogens with zero attached hydrogens (tertiary/aromatic N) is 5. The molecule has 0 aliphatic heterocycles. The average Bonchev–Trinajstić information content (AvgIpc) is 3.76. The van der Waals surface area contributed by atoms with Crippen molar-refractivity contribution in [2.24, 2.45) is 0 Å². The van der Waals surface area contributed by atoms with E-state index in [1.807, 2.05) is 24.4 Å². The average molecular weight is 586 g/mol. The molecule has 0 unspecified atom stereocenters. The third-order valence-electron chi connectivity index (χ3n) is 9.71. The van der Waals surface area contributed by atoms with E-state index in [4.69, 9.17) is 9.97 Å². The van der Waals surface area contributed by atoms with E-state index in [0.717, 1.165) is 33.2 Å². The molecule has 0 aliphatic carbocycles. The van der Waals surface area contributed by atoms with Crippen molar-refractivity contribution in [3.8, 4) is 17.2 Å². The van der Waals surface area contributed by atoms with Crippen LogP contribution in [0, 0.1) is 0 Å². The molecule has 0 atom stereocenters. The smallest absolute Gasteiger partial charge is 0.235 e. The normalized spacial score (nSPS) is 12.3. The second kappa shape index (κ2) is 8.65. The predicted octanol–water partition coefficient (Wildman–Crippen LogP) is 10.1. The summed E-state index contributed by atoms with van der Waals surface area (Å²) in [5.41, 5.74) is 8.63. The van der Waals surface area contributed by atoms with Gasteiger partial charge in [0.25, 0.3) is 0 Å². The minimum absolute atomic E-state index is 0.650. The van der Waals surface area contributed by atoms with Crippen LogP contribution in [0.4, 0.5) is 0 Å². The van der Waals surface area contributed by atoms with Crippen LogP contribution in [0.1, 0.15) is 0 Å². The van der Waals surface area contributed by atoms with Gasteiger partial charge in [0.15, 0.2) is 0 Å². The van der Waals surface area contributed by atoms with E-state index in [-0.39, 0.29) is 0 Å². The minimum atomic E-state index is 0.650. The summed E-state index contributed by atoms with van der Waals surface area (Å²) in [6.07, 6.45) is 3.69. The topological polar surface area (TPSA) is 48.0 Å². The van der Waals surface area contributed by atoms with Gasteiger partial charge < -0.3 is 4.40 Å². The highest BCUT2D eigenvalue weighted by atomic mass is 15.2. The van der Waals surface area contributed by atoms with Crippen LogP contribution in [-0.2, 0) is 0 Å². The summed E-state index contributed by atoms with van der Waals surface area (Å²) < 4.78 is 4.77. The van der Waals surface area contributed by atoms with Crippen LogP contribution in [0.2, 0.25) is 0 Å². The molecule has 46 heavy (non-hydrogen) atoms. The van der Waals surface area contributed by atoms with Crippen molar-refractivity contribution in [1.29, 1.82) is 0 Å². The minimum Gasteiger partial charge on any atom is -0.308 e. The van der Waals surface area contributed by atoms with Gasteiger partial charge >= 0.3 is 0 Å². The quantitative estimate of drug-likeness (QED) is 0.203. The molecule has 0 bridgehead atoms. The van der Waals surface area contributed by atoms with Crippen LogP contribution in [-0.4, -0.2) is 23.9 Å². The molecule has 0 saturated heterocycles. The number of fused-ring (bicyclic) bond motifs is 13. The Hall–Kier alpha value is -6.33. The van der Waals surface area contributed by atoms with Crippen molar-refractivity contribution in [3.05, 3.63) is 140 Å². The monoisotopic (exact) mass is 585 g/mol. The predicted molar refractivity (Wildman–Crippen MR) is 189 cm³/mol. The third kappa shape index (κ3) is 2.97. The summed E-state index contributed by atoms with van der Waals surface area (Å²) in [4.78, 5) is 15.1. The lowest BCUT2D eigenvalue weighted by molar-refractivity contribution is 1.02. The van der Waals surface area contributed by atoms with E-state index in [0.29, 0.717) is 5.95 Å². The van der Waals surface area contributed by atoms with Gasteiger partial charge in [-0.05, 0) is 41.8 Å². The second-order valence-corrected chi connectivity index (χ2v) is 12.1. The molecule has 6 aromatic carbocycles. The maximum atomic E-state index is 5.40. The molecule has 11 aromatic rings. The van der Waals surface area contributed by atoms with Gasteiger partial charge in [0.05, 0.1) is 38.8 Å². The van der Waals surface area contributed by atoms with Gasteiger partial charge in [-0.3, -0.25) is 9.55 Å². The molecule has 0 spiro atoms. The Morgan fingerprint density at radius 2 is 1.20 bits per heavy atom. The Bertz CT molecular complexity index is 3020. The number of aromatic nitrogens is 5. The van der Waals surface area contributed by atoms with Gasteiger partial charge in [0.1, 0.15) is 0 Å². The Labute approximate surface area is 261 Å². The fraction of sp³-hybridized carbons (Fsp3) is 0. The summed E-state index contributed by atoms with van der Waals surface area (Å²) in [6.45, 7) is 0. The Balaban J connectivity index is 1.44. The van der Waals surface area contributed by atoms with Gasteiger partial charge in [-0.15, -0.1) is 0 Å². The van der Waals surface area contributed by atoms with Gasteiger partial charge in [0.2, 0.25) is 5.95 Å². The molecule has 0 fully saturated rings. The molecule has 5 heterocycles. The maximum Gasteiger partial charge on any atom is 0.235 e. The van der Waals surface area contributed by atoms with Crippen LogP contribution in [0.3, 0.4) is 0 Å². The highest BCUT2D eigenvalue weighted by molar-refractivity contribution is 6.35. The number of rotatable bonds is 2. The zero-order valence-corrected chi connectivity index (χ0v) is 24.5. The number of pyridine rings is 1. The largest absolute Gasteiger partial charge is 0.308 e. The summed E-state index contributed by atoms with van der Waals surface area (Å²) >= 11 is 0. The number of hydrogen-bond acceptors (Lipinski definition) is 3. The molecule has 5 heteroatoms. The van der Waals surface area contributed by atoms with Crippen molar-refractivity contribution in [1.82, 2.24) is 23.9 Å². The molecule has 0 N–H and O–H groups in total. The van der Waals surface area contributed by atoms with Crippen LogP contribution >= 0.6 is 0 Å². The van der Waals surface area contributed by atoms with Gasteiger partial charge in [-0.25, -0.2) is 9.97 Å². The first-order valence-electron chi connectivity index (χ1n) is 15.5. The maximum absolute atomic E-state index is 5.40. The van der Waals surface area contributed by atoms with E-state index >= 15 is 0 Å².